The van der Waals surface area contributed by atoms with Crippen LogP contribution in [0.15, 0.2) is 17.1 Å². The lowest BCUT2D eigenvalue weighted by Crippen LogP contribution is -2.27. The lowest BCUT2D eigenvalue weighted by molar-refractivity contribution is -0.115. The van der Waals surface area contributed by atoms with Gasteiger partial charge in [-0.25, -0.2) is 8.78 Å². The van der Waals surface area contributed by atoms with E-state index in [0.29, 0.717) is 13.0 Å². The van der Waals surface area contributed by atoms with Crippen molar-refractivity contribution in [3.63, 3.8) is 0 Å². The van der Waals surface area contributed by atoms with Crippen LogP contribution < -0.4 is 10.9 Å². The number of alkyl halides is 2. The van der Waals surface area contributed by atoms with Crippen LogP contribution in [0.1, 0.15) is 19.3 Å². The molecule has 1 amide bonds. The van der Waals surface area contributed by atoms with Gasteiger partial charge >= 0.3 is 0 Å². The number of aryl methyl sites for hydroxylation is 1. The predicted molar refractivity (Wildman–Crippen MR) is 108 cm³/mol. The van der Waals surface area contributed by atoms with Crippen molar-refractivity contribution in [2.75, 3.05) is 31.6 Å². The smallest absolute Gasteiger partial charge is 0.286 e. The average molecular weight is 430 g/mol. The van der Waals surface area contributed by atoms with Gasteiger partial charge in [0.05, 0.1) is 34.7 Å². The number of nitrogens with one attached hydrogen (secondary N) is 1. The van der Waals surface area contributed by atoms with Crippen LogP contribution in [-0.2, 0) is 11.3 Å². The maximum atomic E-state index is 13.7. The summed E-state index contributed by atoms with van der Waals surface area (Å²) < 4.78 is 27.1. The van der Waals surface area contributed by atoms with Gasteiger partial charge in [0.2, 0.25) is 5.91 Å². The molecular formula is C19H22ClF2N3O2S. The largest absolute Gasteiger partial charge is 0.324 e. The maximum absolute atomic E-state index is 13.7. The van der Waals surface area contributed by atoms with Crippen LogP contribution in [0.25, 0.3) is 0 Å². The van der Waals surface area contributed by atoms with Crippen LogP contribution in [0.2, 0.25) is 0 Å². The summed E-state index contributed by atoms with van der Waals surface area (Å²) in [4.78, 5) is 26.4. The molecule has 9 heteroatoms. The van der Waals surface area contributed by atoms with Gasteiger partial charge < -0.3 is 9.88 Å². The van der Waals surface area contributed by atoms with E-state index in [1.54, 1.807) is 0 Å². The van der Waals surface area contributed by atoms with E-state index in [2.05, 4.69) is 22.1 Å². The van der Waals surface area contributed by atoms with Crippen molar-refractivity contribution in [1.82, 2.24) is 9.47 Å². The number of halogens is 3. The molecule has 2 aliphatic rings. The maximum Gasteiger partial charge on any atom is 0.286 e. The Labute approximate surface area is 171 Å². The minimum absolute atomic E-state index is 0.117. The number of anilines is 1. The van der Waals surface area contributed by atoms with E-state index in [-0.39, 0.29) is 28.8 Å². The SMILES string of the molecule is O=C(Nc1cc(F)c(=O)n(CCF)c1)C1CC(Cl)C(C#CCN2CCCC2)S1. The molecule has 3 atom stereocenters. The van der Waals surface area contributed by atoms with Gasteiger partial charge in [0.1, 0.15) is 6.67 Å². The molecule has 0 bridgehead atoms. The molecule has 0 aromatic carbocycles. The molecule has 0 spiro atoms. The summed E-state index contributed by atoms with van der Waals surface area (Å²) in [5.41, 5.74) is -0.800. The quantitative estimate of drug-likeness (QED) is 0.577. The average Bonchev–Trinajstić information content (AvgIpc) is 3.30. The van der Waals surface area contributed by atoms with E-state index in [1.807, 2.05) is 0 Å². The van der Waals surface area contributed by atoms with E-state index in [1.165, 1.54) is 30.8 Å². The third-order valence-electron chi connectivity index (χ3n) is 4.75. The molecule has 3 unspecified atom stereocenters. The highest BCUT2D eigenvalue weighted by Gasteiger charge is 2.37. The molecule has 28 heavy (non-hydrogen) atoms. The summed E-state index contributed by atoms with van der Waals surface area (Å²) in [6.07, 6.45) is 4.11. The summed E-state index contributed by atoms with van der Waals surface area (Å²) >= 11 is 7.76. The first-order valence-corrected chi connectivity index (χ1v) is 10.6. The number of aromatic nitrogens is 1. The number of rotatable bonds is 5. The first kappa shape index (κ1) is 21.2. The van der Waals surface area contributed by atoms with E-state index < -0.39 is 23.3 Å². The Balaban J connectivity index is 1.59. The number of likely N-dealkylation sites (tertiary alicyclic amines) is 1. The Kier molecular flexibility index (Phi) is 7.38. The number of hydrogen-bond acceptors (Lipinski definition) is 4. The molecule has 5 nitrogen and oxygen atoms in total. The highest BCUT2D eigenvalue weighted by Crippen LogP contribution is 2.37. The molecule has 3 rings (SSSR count). The summed E-state index contributed by atoms with van der Waals surface area (Å²) in [6.45, 7) is 1.79. The Morgan fingerprint density at radius 3 is 2.86 bits per heavy atom. The zero-order chi connectivity index (χ0) is 20.1. The zero-order valence-electron chi connectivity index (χ0n) is 15.3. The highest BCUT2D eigenvalue weighted by molar-refractivity contribution is 8.01. The fourth-order valence-electron chi connectivity index (χ4n) is 3.29. The molecule has 0 aliphatic carbocycles. The van der Waals surface area contributed by atoms with Crippen molar-refractivity contribution in [3.8, 4) is 11.8 Å². The fraction of sp³-hybridized carbons (Fsp3) is 0.579. The molecule has 2 fully saturated rings. The Bertz CT molecular complexity index is 833. The molecule has 152 valence electrons. The molecular weight excluding hydrogens is 408 g/mol. The van der Waals surface area contributed by atoms with Crippen molar-refractivity contribution < 1.29 is 13.6 Å². The van der Waals surface area contributed by atoms with Crippen LogP contribution in [0.4, 0.5) is 14.5 Å². The molecule has 2 aliphatic heterocycles. The fourth-order valence-corrected chi connectivity index (χ4v) is 5.10. The minimum atomic E-state index is -1.04. The molecule has 0 saturated carbocycles. The predicted octanol–water partition coefficient (Wildman–Crippen LogP) is 2.48. The normalized spacial score (nSPS) is 24.8. The number of nitrogens with zero attached hydrogens (tertiary/aromatic N) is 2. The lowest BCUT2D eigenvalue weighted by Gasteiger charge is -2.12. The van der Waals surface area contributed by atoms with Crippen molar-refractivity contribution in [1.29, 1.82) is 0 Å². The molecule has 3 heterocycles. The van der Waals surface area contributed by atoms with E-state index in [0.717, 1.165) is 23.7 Å². The van der Waals surface area contributed by atoms with Gasteiger partial charge in [0.15, 0.2) is 5.82 Å². The van der Waals surface area contributed by atoms with Crippen LogP contribution in [0.3, 0.4) is 0 Å². The first-order valence-electron chi connectivity index (χ1n) is 9.25. The monoisotopic (exact) mass is 429 g/mol. The summed E-state index contributed by atoms with van der Waals surface area (Å²) in [5.74, 6) is 4.96. The van der Waals surface area contributed by atoms with Crippen molar-refractivity contribution in [3.05, 3.63) is 28.4 Å². The zero-order valence-corrected chi connectivity index (χ0v) is 16.9. The lowest BCUT2D eigenvalue weighted by atomic mass is 10.2. The number of hydrogen-bond donors (Lipinski definition) is 1. The Hall–Kier alpha value is -1.56. The van der Waals surface area contributed by atoms with E-state index in [9.17, 15) is 18.4 Å². The van der Waals surface area contributed by atoms with Gasteiger partial charge in [-0.15, -0.1) is 23.4 Å². The molecule has 2 saturated heterocycles. The van der Waals surface area contributed by atoms with Gasteiger partial charge in [-0.2, -0.15) is 0 Å². The number of carbonyl (C=O) groups is 1. The van der Waals surface area contributed by atoms with Gasteiger partial charge in [-0.05, 0) is 32.4 Å². The third-order valence-corrected chi connectivity index (χ3v) is 6.81. The second-order valence-corrected chi connectivity index (χ2v) is 8.76. The second-order valence-electron chi connectivity index (χ2n) is 6.85. The Morgan fingerprint density at radius 2 is 2.14 bits per heavy atom. The van der Waals surface area contributed by atoms with E-state index in [4.69, 9.17) is 11.6 Å². The Morgan fingerprint density at radius 1 is 1.39 bits per heavy atom. The van der Waals surface area contributed by atoms with Crippen LogP contribution in [0.5, 0.6) is 0 Å². The molecule has 0 radical (unpaired) electrons. The molecule has 1 N–H and O–H groups in total. The van der Waals surface area contributed by atoms with Crippen LogP contribution in [-0.4, -0.2) is 57.6 Å². The summed E-state index contributed by atoms with van der Waals surface area (Å²) in [5, 5.41) is 1.79. The number of carbonyl (C=O) groups excluding carboxylic acids is 1. The van der Waals surface area contributed by atoms with Gasteiger partial charge in [0, 0.05) is 12.3 Å². The van der Waals surface area contributed by atoms with Gasteiger partial charge in [-0.1, -0.05) is 11.8 Å². The minimum Gasteiger partial charge on any atom is -0.324 e. The standard InChI is InChI=1S/C19H22ClF2N3O2S/c20-14-11-17(28-16(14)4-3-8-24-6-1-2-7-24)18(26)23-13-10-15(22)19(27)25(12-13)9-5-21/h10,12,14,16-17H,1-2,5-9,11H2,(H,23,26). The van der Waals surface area contributed by atoms with E-state index >= 15 is 0 Å². The number of amides is 1. The van der Waals surface area contributed by atoms with Crippen molar-refractivity contribution in [2.45, 2.75) is 41.7 Å². The second kappa shape index (κ2) is 9.77. The summed E-state index contributed by atoms with van der Waals surface area (Å²) in [6, 6.07) is 0.945. The number of thioether (sulfide) groups is 1. The highest BCUT2D eigenvalue weighted by atomic mass is 35.5. The van der Waals surface area contributed by atoms with Crippen LogP contribution in [0, 0.1) is 17.7 Å². The first-order chi connectivity index (χ1) is 13.5. The van der Waals surface area contributed by atoms with Crippen molar-refractivity contribution >= 4 is 35.0 Å². The number of pyridine rings is 1. The third kappa shape index (κ3) is 5.28. The molecule has 1 aromatic rings. The van der Waals surface area contributed by atoms with Gasteiger partial charge in [-0.3, -0.25) is 14.5 Å². The molecule has 1 aromatic heterocycles. The van der Waals surface area contributed by atoms with Gasteiger partial charge in [0.25, 0.3) is 5.56 Å². The van der Waals surface area contributed by atoms with Crippen molar-refractivity contribution in [2.24, 2.45) is 0 Å². The van der Waals surface area contributed by atoms with Crippen LogP contribution >= 0.6 is 23.4 Å². The topological polar surface area (TPSA) is 54.3 Å². The summed E-state index contributed by atoms with van der Waals surface area (Å²) in [7, 11) is 0.